The molecule has 1 atom stereocenters. The molecule has 0 saturated carbocycles. The predicted octanol–water partition coefficient (Wildman–Crippen LogP) is 2.20. The van der Waals surface area contributed by atoms with Crippen molar-refractivity contribution in [3.63, 3.8) is 0 Å². The lowest BCUT2D eigenvalue weighted by molar-refractivity contribution is -0.119. The van der Waals surface area contributed by atoms with Crippen LogP contribution in [0.5, 0.6) is 0 Å². The Labute approximate surface area is 85.1 Å². The standard InChI is InChI=1S/C12H17NO/c1-7-5-8(2)11(9(3)6-7)10(4)12(13)14/h5-6,10H,1-4H3,(H2,13,14). The quantitative estimate of drug-likeness (QED) is 0.765. The van der Waals surface area contributed by atoms with Gasteiger partial charge < -0.3 is 5.73 Å². The monoisotopic (exact) mass is 191 g/mol. The van der Waals surface area contributed by atoms with Gasteiger partial charge in [-0.2, -0.15) is 0 Å². The molecule has 1 aromatic carbocycles. The lowest BCUT2D eigenvalue weighted by Gasteiger charge is -2.15. The first-order chi connectivity index (χ1) is 6.43. The molecule has 0 heterocycles. The van der Waals surface area contributed by atoms with Crippen LogP contribution in [0.2, 0.25) is 0 Å². The molecule has 0 aliphatic carbocycles. The highest BCUT2D eigenvalue weighted by atomic mass is 16.1. The van der Waals surface area contributed by atoms with Crippen LogP contribution in [-0.2, 0) is 4.79 Å². The van der Waals surface area contributed by atoms with E-state index in [-0.39, 0.29) is 11.8 Å². The molecule has 1 amide bonds. The maximum atomic E-state index is 11.1. The molecule has 1 rings (SSSR count). The number of carbonyl (C=O) groups excluding carboxylic acids is 1. The maximum Gasteiger partial charge on any atom is 0.224 e. The molecule has 2 nitrogen and oxygen atoms in total. The number of aryl methyl sites for hydroxylation is 3. The Morgan fingerprint density at radius 2 is 1.64 bits per heavy atom. The Morgan fingerprint density at radius 3 is 2.00 bits per heavy atom. The van der Waals surface area contributed by atoms with E-state index in [0.29, 0.717) is 0 Å². The van der Waals surface area contributed by atoms with Crippen LogP contribution in [0.3, 0.4) is 0 Å². The molecule has 0 aromatic heterocycles. The molecule has 14 heavy (non-hydrogen) atoms. The van der Waals surface area contributed by atoms with E-state index in [1.807, 2.05) is 20.8 Å². The average Bonchev–Trinajstić information content (AvgIpc) is 2.01. The number of rotatable bonds is 2. The minimum atomic E-state index is -0.264. The molecule has 1 unspecified atom stereocenters. The zero-order valence-corrected chi connectivity index (χ0v) is 9.22. The van der Waals surface area contributed by atoms with E-state index >= 15 is 0 Å². The van der Waals surface area contributed by atoms with Crippen molar-refractivity contribution in [3.8, 4) is 0 Å². The van der Waals surface area contributed by atoms with Crippen LogP contribution in [0.1, 0.15) is 35.1 Å². The molecule has 0 saturated heterocycles. The lowest BCUT2D eigenvalue weighted by atomic mass is 9.90. The fourth-order valence-electron chi connectivity index (χ4n) is 2.02. The largest absolute Gasteiger partial charge is 0.369 e. The van der Waals surface area contributed by atoms with E-state index in [9.17, 15) is 4.79 Å². The van der Waals surface area contributed by atoms with Crippen molar-refractivity contribution in [2.75, 3.05) is 0 Å². The first-order valence-electron chi connectivity index (χ1n) is 4.80. The lowest BCUT2D eigenvalue weighted by Crippen LogP contribution is -2.20. The molecule has 1 aromatic rings. The zero-order chi connectivity index (χ0) is 10.9. The van der Waals surface area contributed by atoms with Crippen LogP contribution >= 0.6 is 0 Å². The summed E-state index contributed by atoms with van der Waals surface area (Å²) >= 11 is 0. The van der Waals surface area contributed by atoms with Crippen molar-refractivity contribution >= 4 is 5.91 Å². The van der Waals surface area contributed by atoms with Gasteiger partial charge in [0.05, 0.1) is 5.92 Å². The van der Waals surface area contributed by atoms with Gasteiger partial charge in [0.1, 0.15) is 0 Å². The van der Waals surface area contributed by atoms with Crippen LogP contribution in [0, 0.1) is 20.8 Å². The smallest absolute Gasteiger partial charge is 0.224 e. The third kappa shape index (κ3) is 1.95. The summed E-state index contributed by atoms with van der Waals surface area (Å²) in [4.78, 5) is 11.1. The molecule has 0 bridgehead atoms. The maximum absolute atomic E-state index is 11.1. The average molecular weight is 191 g/mol. The Balaban J connectivity index is 3.27. The summed E-state index contributed by atoms with van der Waals surface area (Å²) in [5.41, 5.74) is 9.89. The van der Waals surface area contributed by atoms with E-state index in [1.165, 1.54) is 5.56 Å². The predicted molar refractivity (Wildman–Crippen MR) is 58.3 cm³/mol. The topological polar surface area (TPSA) is 43.1 Å². The highest BCUT2D eigenvalue weighted by Gasteiger charge is 2.16. The molecule has 0 aliphatic rings. The third-order valence-corrected chi connectivity index (χ3v) is 2.60. The molecule has 0 spiro atoms. The summed E-state index contributed by atoms with van der Waals surface area (Å²) in [7, 11) is 0. The second kappa shape index (κ2) is 3.82. The molecular weight excluding hydrogens is 174 g/mol. The normalized spacial score (nSPS) is 12.6. The van der Waals surface area contributed by atoms with E-state index in [1.54, 1.807) is 0 Å². The van der Waals surface area contributed by atoms with Gasteiger partial charge >= 0.3 is 0 Å². The van der Waals surface area contributed by atoms with Crippen molar-refractivity contribution in [1.29, 1.82) is 0 Å². The highest BCUT2D eigenvalue weighted by Crippen LogP contribution is 2.24. The number of nitrogens with two attached hydrogens (primary N) is 1. The van der Waals surface area contributed by atoms with Crippen LogP contribution in [0.25, 0.3) is 0 Å². The Morgan fingerprint density at radius 1 is 1.21 bits per heavy atom. The number of hydrogen-bond acceptors (Lipinski definition) is 1. The van der Waals surface area contributed by atoms with E-state index in [0.717, 1.165) is 16.7 Å². The molecule has 2 heteroatoms. The molecule has 0 fully saturated rings. The summed E-state index contributed by atoms with van der Waals surface area (Å²) in [6, 6.07) is 4.17. The fourth-order valence-corrected chi connectivity index (χ4v) is 2.02. The minimum absolute atomic E-state index is 0.199. The minimum Gasteiger partial charge on any atom is -0.369 e. The van der Waals surface area contributed by atoms with Crippen molar-refractivity contribution in [1.82, 2.24) is 0 Å². The summed E-state index contributed by atoms with van der Waals surface area (Å²) in [5, 5.41) is 0. The highest BCUT2D eigenvalue weighted by molar-refractivity contribution is 5.82. The zero-order valence-electron chi connectivity index (χ0n) is 9.22. The molecule has 0 aliphatic heterocycles. The summed E-state index contributed by atoms with van der Waals surface area (Å²) in [6.07, 6.45) is 0. The van der Waals surface area contributed by atoms with Gasteiger partial charge in [-0.25, -0.2) is 0 Å². The van der Waals surface area contributed by atoms with Gasteiger partial charge in [-0.1, -0.05) is 17.7 Å². The van der Waals surface area contributed by atoms with Crippen LogP contribution in [0.4, 0.5) is 0 Å². The summed E-state index contributed by atoms with van der Waals surface area (Å²) in [5.74, 6) is -0.462. The fraction of sp³-hybridized carbons (Fsp3) is 0.417. The van der Waals surface area contributed by atoms with Crippen molar-refractivity contribution < 1.29 is 4.79 Å². The first kappa shape index (κ1) is 10.8. The SMILES string of the molecule is Cc1cc(C)c(C(C)C(N)=O)c(C)c1. The molecular formula is C12H17NO. The van der Waals surface area contributed by atoms with Gasteiger partial charge in [-0.05, 0) is 44.4 Å². The molecule has 0 radical (unpaired) electrons. The van der Waals surface area contributed by atoms with E-state index < -0.39 is 0 Å². The summed E-state index contributed by atoms with van der Waals surface area (Å²) in [6.45, 7) is 7.95. The van der Waals surface area contributed by atoms with Gasteiger partial charge in [0.2, 0.25) is 5.91 Å². The molecule has 2 N–H and O–H groups in total. The van der Waals surface area contributed by atoms with Gasteiger partial charge in [0, 0.05) is 0 Å². The van der Waals surface area contributed by atoms with Crippen LogP contribution in [0.15, 0.2) is 12.1 Å². The Hall–Kier alpha value is -1.31. The van der Waals surface area contributed by atoms with Crippen molar-refractivity contribution in [2.45, 2.75) is 33.6 Å². The van der Waals surface area contributed by atoms with E-state index in [4.69, 9.17) is 5.73 Å². The first-order valence-corrected chi connectivity index (χ1v) is 4.80. The van der Waals surface area contributed by atoms with Gasteiger partial charge in [0.25, 0.3) is 0 Å². The van der Waals surface area contributed by atoms with E-state index in [2.05, 4.69) is 19.1 Å². The number of hydrogen-bond donors (Lipinski definition) is 1. The number of benzene rings is 1. The third-order valence-electron chi connectivity index (χ3n) is 2.60. The van der Waals surface area contributed by atoms with Crippen molar-refractivity contribution in [3.05, 3.63) is 34.4 Å². The number of amides is 1. The van der Waals surface area contributed by atoms with Crippen molar-refractivity contribution in [2.24, 2.45) is 5.73 Å². The second-order valence-electron chi connectivity index (χ2n) is 3.94. The molecule has 76 valence electrons. The Kier molecular flexibility index (Phi) is 2.94. The van der Waals surface area contributed by atoms with Gasteiger partial charge in [-0.15, -0.1) is 0 Å². The van der Waals surface area contributed by atoms with Gasteiger partial charge in [0.15, 0.2) is 0 Å². The van der Waals surface area contributed by atoms with Crippen LogP contribution < -0.4 is 5.73 Å². The number of primary amides is 1. The van der Waals surface area contributed by atoms with Gasteiger partial charge in [-0.3, -0.25) is 4.79 Å². The Bertz CT molecular complexity index is 346. The number of carbonyl (C=O) groups is 1. The van der Waals surface area contributed by atoms with Crippen LogP contribution in [-0.4, -0.2) is 5.91 Å². The summed E-state index contributed by atoms with van der Waals surface area (Å²) < 4.78 is 0. The second-order valence-corrected chi connectivity index (χ2v) is 3.94.